The van der Waals surface area contributed by atoms with Crippen LogP contribution in [-0.4, -0.2) is 32.1 Å². The molecule has 0 unspecified atom stereocenters. The van der Waals surface area contributed by atoms with Gasteiger partial charge in [-0.2, -0.15) is 0 Å². The Balaban J connectivity index is 1.50. The molecule has 0 atom stereocenters. The van der Waals surface area contributed by atoms with Crippen molar-refractivity contribution in [3.63, 3.8) is 0 Å². The van der Waals surface area contributed by atoms with Crippen molar-refractivity contribution in [2.45, 2.75) is 26.8 Å². The summed E-state index contributed by atoms with van der Waals surface area (Å²) in [5.74, 6) is 1.64. The van der Waals surface area contributed by atoms with Crippen LogP contribution in [0.1, 0.15) is 17.0 Å². The van der Waals surface area contributed by atoms with E-state index in [1.54, 1.807) is 13.2 Å². The maximum atomic E-state index is 12.2. The molecular formula is C22H25BN3O4. The van der Waals surface area contributed by atoms with Crippen LogP contribution in [0.3, 0.4) is 0 Å². The minimum absolute atomic E-state index is 0.110. The predicted octanol–water partition coefficient (Wildman–Crippen LogP) is 2.68. The quantitative estimate of drug-likeness (QED) is 0.504. The van der Waals surface area contributed by atoms with Crippen molar-refractivity contribution in [2.24, 2.45) is 0 Å². The van der Waals surface area contributed by atoms with E-state index in [1.807, 2.05) is 63.5 Å². The Bertz CT molecular complexity index is 973. The Kier molecular flexibility index (Phi) is 7.51. The Morgan fingerprint density at radius 2 is 1.90 bits per heavy atom. The van der Waals surface area contributed by atoms with Gasteiger partial charge in [-0.25, -0.2) is 0 Å². The first-order valence-electron chi connectivity index (χ1n) is 9.69. The van der Waals surface area contributed by atoms with Gasteiger partial charge in [0.15, 0.2) is 18.1 Å². The molecule has 1 aromatic heterocycles. The topological polar surface area (TPSA) is 85.6 Å². The van der Waals surface area contributed by atoms with Gasteiger partial charge >= 0.3 is 0 Å². The van der Waals surface area contributed by atoms with E-state index in [4.69, 9.17) is 14.0 Å². The van der Waals surface area contributed by atoms with E-state index in [0.29, 0.717) is 24.6 Å². The Morgan fingerprint density at radius 3 is 2.57 bits per heavy atom. The van der Waals surface area contributed by atoms with Gasteiger partial charge in [0.05, 0.1) is 12.8 Å². The first kappa shape index (κ1) is 21.5. The molecule has 0 saturated carbocycles. The summed E-state index contributed by atoms with van der Waals surface area (Å²) in [6.07, 6.45) is 0. The predicted molar refractivity (Wildman–Crippen MR) is 117 cm³/mol. The average Bonchev–Trinajstić information content (AvgIpc) is 3.18. The third-order valence-electron chi connectivity index (χ3n) is 4.43. The molecule has 0 aliphatic carbocycles. The fourth-order valence-electron chi connectivity index (χ4n) is 2.88. The molecule has 8 heteroatoms. The number of methoxy groups -OCH3 is 1. The number of aryl methyl sites for hydroxylation is 1. The van der Waals surface area contributed by atoms with Gasteiger partial charge in [0.2, 0.25) is 0 Å². The van der Waals surface area contributed by atoms with Crippen LogP contribution in [0.2, 0.25) is 6.82 Å². The van der Waals surface area contributed by atoms with Gasteiger partial charge in [-0.15, -0.1) is 0 Å². The number of nitrogens with one attached hydrogen (secondary N) is 2. The molecule has 1 radical (unpaired) electrons. The van der Waals surface area contributed by atoms with E-state index < -0.39 is 0 Å². The first-order chi connectivity index (χ1) is 14.6. The molecule has 3 rings (SSSR count). The van der Waals surface area contributed by atoms with Crippen LogP contribution in [0.4, 0.5) is 5.69 Å². The number of carbonyl (C=O) groups is 1. The molecule has 0 bridgehead atoms. The van der Waals surface area contributed by atoms with Gasteiger partial charge in [-0.1, -0.05) is 35.6 Å². The number of hydrogen-bond donors (Lipinski definition) is 2. The van der Waals surface area contributed by atoms with Gasteiger partial charge in [-0.3, -0.25) is 4.79 Å². The van der Waals surface area contributed by atoms with E-state index in [2.05, 4.69) is 15.8 Å². The number of ether oxygens (including phenoxy) is 2. The van der Waals surface area contributed by atoms with Crippen molar-refractivity contribution in [1.29, 1.82) is 0 Å². The molecule has 0 aliphatic heterocycles. The van der Waals surface area contributed by atoms with E-state index in [1.165, 1.54) is 0 Å². The second-order valence-corrected chi connectivity index (χ2v) is 6.77. The highest BCUT2D eigenvalue weighted by Gasteiger charge is 2.10. The Morgan fingerprint density at radius 1 is 1.10 bits per heavy atom. The summed E-state index contributed by atoms with van der Waals surface area (Å²) in [7, 11) is 3.57. The molecule has 0 aliphatic rings. The smallest absolute Gasteiger partial charge is 0.262 e. The second kappa shape index (κ2) is 10.5. The summed E-state index contributed by atoms with van der Waals surface area (Å²) >= 11 is 0. The second-order valence-electron chi connectivity index (χ2n) is 6.77. The number of hydrogen-bond acceptors (Lipinski definition) is 6. The van der Waals surface area contributed by atoms with Crippen molar-refractivity contribution in [2.75, 3.05) is 19.0 Å². The monoisotopic (exact) mass is 406 g/mol. The minimum Gasteiger partial charge on any atom is -0.493 e. The zero-order chi connectivity index (χ0) is 21.3. The highest BCUT2D eigenvalue weighted by atomic mass is 16.5. The number of amides is 1. The van der Waals surface area contributed by atoms with Gasteiger partial charge in [0.1, 0.15) is 13.0 Å². The van der Waals surface area contributed by atoms with Crippen molar-refractivity contribution in [3.8, 4) is 11.5 Å². The van der Waals surface area contributed by atoms with Crippen LogP contribution >= 0.6 is 0 Å². The molecule has 1 amide bonds. The van der Waals surface area contributed by atoms with E-state index >= 15 is 0 Å². The van der Waals surface area contributed by atoms with Crippen LogP contribution in [0, 0.1) is 6.92 Å². The SMILES string of the molecule is C[B]c1ccc(NC(=O)COc2ccc(CNCc3cc(C)on3)cc2OC)cc1. The lowest BCUT2D eigenvalue weighted by molar-refractivity contribution is -0.118. The largest absolute Gasteiger partial charge is 0.493 e. The third kappa shape index (κ3) is 6.12. The highest BCUT2D eigenvalue weighted by molar-refractivity contribution is 6.51. The van der Waals surface area contributed by atoms with E-state index in [9.17, 15) is 4.79 Å². The zero-order valence-corrected chi connectivity index (χ0v) is 17.4. The van der Waals surface area contributed by atoms with Crippen LogP contribution in [0.25, 0.3) is 0 Å². The lowest BCUT2D eigenvalue weighted by Gasteiger charge is -2.13. The van der Waals surface area contributed by atoms with Crippen LogP contribution in [0.5, 0.6) is 11.5 Å². The molecule has 2 aromatic carbocycles. The maximum Gasteiger partial charge on any atom is 0.262 e. The normalized spacial score (nSPS) is 10.5. The van der Waals surface area contributed by atoms with E-state index in [-0.39, 0.29) is 12.5 Å². The summed E-state index contributed by atoms with van der Waals surface area (Å²) in [5.41, 5.74) is 3.70. The standard InChI is InChI=1S/C22H25BN3O4/c1-15-10-19(26-30-15)13-24-12-16-4-9-20(21(11-16)28-3)29-14-22(27)25-18-7-5-17(23-2)6-8-18/h4-11,24H,12-14H2,1-3H3,(H,25,27). The lowest BCUT2D eigenvalue weighted by atomic mass is 9.73. The molecule has 0 saturated heterocycles. The van der Waals surface area contributed by atoms with Crippen molar-refractivity contribution >= 4 is 24.3 Å². The minimum atomic E-state index is -0.237. The first-order valence-corrected chi connectivity index (χ1v) is 9.69. The summed E-state index contributed by atoms with van der Waals surface area (Å²) in [4.78, 5) is 12.2. The summed E-state index contributed by atoms with van der Waals surface area (Å²) in [5, 5.41) is 10.1. The third-order valence-corrected chi connectivity index (χ3v) is 4.43. The van der Waals surface area contributed by atoms with Gasteiger partial charge in [0.25, 0.3) is 5.91 Å². The summed E-state index contributed by atoms with van der Waals surface area (Å²) < 4.78 is 16.1. The van der Waals surface area contributed by atoms with Crippen LogP contribution in [0.15, 0.2) is 53.1 Å². The number of carbonyl (C=O) groups excluding carboxylic acids is 1. The van der Waals surface area contributed by atoms with Gasteiger partial charge < -0.3 is 24.6 Å². The van der Waals surface area contributed by atoms with Crippen molar-refractivity contribution < 1.29 is 18.8 Å². The van der Waals surface area contributed by atoms with Crippen molar-refractivity contribution in [1.82, 2.24) is 10.5 Å². The van der Waals surface area contributed by atoms with Crippen molar-refractivity contribution in [3.05, 3.63) is 65.5 Å². The number of aromatic nitrogens is 1. The lowest BCUT2D eigenvalue weighted by Crippen LogP contribution is -2.21. The highest BCUT2D eigenvalue weighted by Crippen LogP contribution is 2.28. The number of rotatable bonds is 10. The van der Waals surface area contributed by atoms with Crippen LogP contribution in [-0.2, 0) is 17.9 Å². The fraction of sp³-hybridized carbons (Fsp3) is 0.273. The van der Waals surface area contributed by atoms with E-state index in [0.717, 1.165) is 28.2 Å². The van der Waals surface area contributed by atoms with Gasteiger partial charge in [-0.05, 0) is 36.8 Å². The molecule has 155 valence electrons. The summed E-state index contributed by atoms with van der Waals surface area (Å²) in [6.45, 7) is 4.96. The molecule has 7 nitrogen and oxygen atoms in total. The average molecular weight is 406 g/mol. The Hall–Kier alpha value is -3.26. The van der Waals surface area contributed by atoms with Gasteiger partial charge in [0, 0.05) is 24.8 Å². The van der Waals surface area contributed by atoms with Crippen LogP contribution < -0.4 is 25.6 Å². The molecule has 1 heterocycles. The molecule has 30 heavy (non-hydrogen) atoms. The fourth-order valence-corrected chi connectivity index (χ4v) is 2.88. The molecule has 0 fully saturated rings. The number of nitrogens with zero attached hydrogens (tertiary/aromatic N) is 1. The molecule has 3 aromatic rings. The molecule has 0 spiro atoms. The number of benzene rings is 2. The number of anilines is 1. The molecular weight excluding hydrogens is 381 g/mol. The maximum absolute atomic E-state index is 12.2. The Labute approximate surface area is 177 Å². The summed E-state index contributed by atoms with van der Waals surface area (Å²) in [6, 6.07) is 15.1. The molecule has 2 N–H and O–H groups in total. The zero-order valence-electron chi connectivity index (χ0n) is 17.4.